The molecule has 8 heteroatoms. The maximum absolute atomic E-state index is 13.5. The van der Waals surface area contributed by atoms with Crippen LogP contribution in [-0.2, 0) is 25.9 Å². The number of aromatic nitrogens is 4. The number of aliphatic imine (C=N–C) groups is 1. The van der Waals surface area contributed by atoms with Gasteiger partial charge in [-0.05, 0) is 43.0 Å². The third kappa shape index (κ3) is 4.00. The molecule has 0 spiro atoms. The molecule has 1 aromatic carbocycles. The Balaban J connectivity index is 1.32. The van der Waals surface area contributed by atoms with Crippen LogP contribution in [0.3, 0.4) is 0 Å². The zero-order valence-corrected chi connectivity index (χ0v) is 16.1. The minimum atomic E-state index is -0.216. The van der Waals surface area contributed by atoms with Crippen LogP contribution in [0, 0.1) is 5.82 Å². The Hall–Kier alpha value is -2.90. The molecule has 0 aliphatic carbocycles. The Labute approximate surface area is 163 Å². The zero-order chi connectivity index (χ0) is 19.3. The predicted molar refractivity (Wildman–Crippen MR) is 108 cm³/mol. The molecule has 4 rings (SSSR count). The molecule has 0 radical (unpaired) electrons. The van der Waals surface area contributed by atoms with E-state index in [1.807, 2.05) is 6.20 Å². The number of hydrogen-bond donors (Lipinski definition) is 3. The van der Waals surface area contributed by atoms with Gasteiger partial charge >= 0.3 is 0 Å². The molecule has 148 valence electrons. The molecule has 0 unspecified atom stereocenters. The fourth-order valence-electron chi connectivity index (χ4n) is 3.73. The first-order valence-electron chi connectivity index (χ1n) is 9.85. The number of benzene rings is 1. The van der Waals surface area contributed by atoms with E-state index in [0.717, 1.165) is 53.5 Å². The number of nitrogens with one attached hydrogen (secondary N) is 3. The molecule has 0 bridgehead atoms. The first kappa shape index (κ1) is 18.5. The molecule has 0 fully saturated rings. The van der Waals surface area contributed by atoms with Crippen molar-refractivity contribution in [3.63, 3.8) is 0 Å². The van der Waals surface area contributed by atoms with Gasteiger partial charge in [-0.15, -0.1) is 10.2 Å². The number of hydrogen-bond acceptors (Lipinski definition) is 3. The minimum Gasteiger partial charge on any atom is -0.361 e. The van der Waals surface area contributed by atoms with Crippen molar-refractivity contribution in [1.29, 1.82) is 0 Å². The third-order valence-corrected chi connectivity index (χ3v) is 5.24. The number of aryl methyl sites for hydroxylation is 1. The van der Waals surface area contributed by atoms with Gasteiger partial charge in [0.25, 0.3) is 0 Å². The average molecular weight is 383 g/mol. The topological polar surface area (TPSA) is 82.9 Å². The van der Waals surface area contributed by atoms with Crippen LogP contribution < -0.4 is 10.6 Å². The van der Waals surface area contributed by atoms with E-state index in [9.17, 15) is 4.39 Å². The first-order chi connectivity index (χ1) is 13.7. The highest BCUT2D eigenvalue weighted by atomic mass is 19.1. The highest BCUT2D eigenvalue weighted by Crippen LogP contribution is 2.19. The Morgan fingerprint density at radius 1 is 1.25 bits per heavy atom. The number of fused-ring (bicyclic) bond motifs is 2. The van der Waals surface area contributed by atoms with Gasteiger partial charge in [0.2, 0.25) is 0 Å². The highest BCUT2D eigenvalue weighted by Gasteiger charge is 2.14. The van der Waals surface area contributed by atoms with Crippen molar-refractivity contribution in [3.8, 4) is 0 Å². The molecule has 0 amide bonds. The summed E-state index contributed by atoms with van der Waals surface area (Å²) >= 11 is 0. The van der Waals surface area contributed by atoms with Gasteiger partial charge in [0.05, 0.1) is 6.54 Å². The van der Waals surface area contributed by atoms with Gasteiger partial charge in [-0.25, -0.2) is 4.39 Å². The Morgan fingerprint density at radius 3 is 3.07 bits per heavy atom. The van der Waals surface area contributed by atoms with Crippen molar-refractivity contribution in [2.75, 3.05) is 13.6 Å². The van der Waals surface area contributed by atoms with E-state index in [1.165, 1.54) is 25.3 Å². The number of guanidine groups is 1. The summed E-state index contributed by atoms with van der Waals surface area (Å²) in [7, 11) is 1.75. The molecule has 1 aliphatic heterocycles. The van der Waals surface area contributed by atoms with E-state index >= 15 is 0 Å². The van der Waals surface area contributed by atoms with Crippen LogP contribution in [0.4, 0.5) is 4.39 Å². The van der Waals surface area contributed by atoms with Crippen LogP contribution in [0.5, 0.6) is 0 Å². The number of aromatic amines is 1. The summed E-state index contributed by atoms with van der Waals surface area (Å²) in [5.74, 6) is 2.54. The third-order valence-electron chi connectivity index (χ3n) is 5.24. The van der Waals surface area contributed by atoms with Crippen LogP contribution in [0.25, 0.3) is 10.9 Å². The van der Waals surface area contributed by atoms with Crippen LogP contribution in [-0.4, -0.2) is 39.3 Å². The molecule has 3 N–H and O–H groups in total. The van der Waals surface area contributed by atoms with Gasteiger partial charge in [0, 0.05) is 43.7 Å². The lowest BCUT2D eigenvalue weighted by molar-refractivity contribution is 0.596. The zero-order valence-electron chi connectivity index (χ0n) is 16.1. The van der Waals surface area contributed by atoms with E-state index in [4.69, 9.17) is 0 Å². The van der Waals surface area contributed by atoms with Crippen LogP contribution in [0.1, 0.15) is 36.5 Å². The molecular formula is C20H26FN7. The highest BCUT2D eigenvalue weighted by molar-refractivity contribution is 5.83. The van der Waals surface area contributed by atoms with E-state index in [2.05, 4.69) is 35.4 Å². The minimum absolute atomic E-state index is 0.216. The molecule has 28 heavy (non-hydrogen) atoms. The summed E-state index contributed by atoms with van der Waals surface area (Å²) in [6.07, 6.45) is 7.32. The van der Waals surface area contributed by atoms with E-state index in [0.29, 0.717) is 13.1 Å². The van der Waals surface area contributed by atoms with E-state index < -0.39 is 0 Å². The second kappa shape index (κ2) is 8.41. The summed E-state index contributed by atoms with van der Waals surface area (Å²) in [4.78, 5) is 7.47. The standard InChI is InChI=1S/C20H26FN7/c1-22-20(25-13-19-27-26-18-5-3-2-4-10-28(18)19)23-9-8-14-12-24-17-7-6-15(21)11-16(14)17/h6-7,11-12,24H,2-5,8-10,13H2,1H3,(H2,22,23,25). The molecule has 0 saturated heterocycles. The lowest BCUT2D eigenvalue weighted by Crippen LogP contribution is -2.38. The van der Waals surface area contributed by atoms with Crippen molar-refractivity contribution in [2.24, 2.45) is 4.99 Å². The molecule has 0 atom stereocenters. The molecule has 2 aromatic heterocycles. The van der Waals surface area contributed by atoms with Gasteiger partial charge < -0.3 is 20.2 Å². The summed E-state index contributed by atoms with van der Waals surface area (Å²) in [5.41, 5.74) is 2.03. The summed E-state index contributed by atoms with van der Waals surface area (Å²) in [6, 6.07) is 4.81. The second-order valence-corrected chi connectivity index (χ2v) is 7.10. The van der Waals surface area contributed by atoms with Crippen molar-refractivity contribution < 1.29 is 4.39 Å². The molecule has 3 heterocycles. The second-order valence-electron chi connectivity index (χ2n) is 7.10. The molecular weight excluding hydrogens is 357 g/mol. The van der Waals surface area contributed by atoms with E-state index in [1.54, 1.807) is 19.2 Å². The maximum Gasteiger partial charge on any atom is 0.191 e. The maximum atomic E-state index is 13.5. The summed E-state index contributed by atoms with van der Waals surface area (Å²) in [5, 5.41) is 16.2. The normalized spacial score (nSPS) is 14.7. The van der Waals surface area contributed by atoms with Crippen LogP contribution >= 0.6 is 0 Å². The fourth-order valence-corrected chi connectivity index (χ4v) is 3.73. The van der Waals surface area contributed by atoms with Gasteiger partial charge in [0.1, 0.15) is 11.6 Å². The number of nitrogens with zero attached hydrogens (tertiary/aromatic N) is 4. The Morgan fingerprint density at radius 2 is 2.18 bits per heavy atom. The lowest BCUT2D eigenvalue weighted by atomic mass is 10.1. The predicted octanol–water partition coefficient (Wildman–Crippen LogP) is 2.53. The average Bonchev–Trinajstić information content (AvgIpc) is 3.20. The molecule has 3 aromatic rings. The van der Waals surface area contributed by atoms with E-state index in [-0.39, 0.29) is 5.82 Å². The SMILES string of the molecule is CN=C(NCCc1c[nH]c2ccc(F)cc12)NCc1nnc2n1CCCCC2. The summed E-state index contributed by atoms with van der Waals surface area (Å²) < 4.78 is 15.7. The monoisotopic (exact) mass is 383 g/mol. The molecule has 7 nitrogen and oxygen atoms in total. The number of halogens is 1. The Bertz CT molecular complexity index is 972. The number of rotatable bonds is 5. The summed E-state index contributed by atoms with van der Waals surface area (Å²) in [6.45, 7) is 2.27. The van der Waals surface area contributed by atoms with Crippen LogP contribution in [0.15, 0.2) is 29.4 Å². The van der Waals surface area contributed by atoms with Gasteiger partial charge in [0.15, 0.2) is 11.8 Å². The lowest BCUT2D eigenvalue weighted by Gasteiger charge is -2.12. The van der Waals surface area contributed by atoms with Crippen LogP contribution in [0.2, 0.25) is 0 Å². The Kier molecular flexibility index (Phi) is 5.55. The van der Waals surface area contributed by atoms with Crippen molar-refractivity contribution in [2.45, 2.75) is 45.2 Å². The smallest absolute Gasteiger partial charge is 0.191 e. The quantitative estimate of drug-likeness (QED) is 0.467. The van der Waals surface area contributed by atoms with Crippen molar-refractivity contribution >= 4 is 16.9 Å². The number of H-pyrrole nitrogens is 1. The van der Waals surface area contributed by atoms with Gasteiger partial charge in [-0.1, -0.05) is 6.42 Å². The van der Waals surface area contributed by atoms with Gasteiger partial charge in [-0.3, -0.25) is 4.99 Å². The van der Waals surface area contributed by atoms with Crippen molar-refractivity contribution in [3.05, 3.63) is 47.4 Å². The largest absolute Gasteiger partial charge is 0.361 e. The first-order valence-corrected chi connectivity index (χ1v) is 9.85. The molecule has 0 saturated carbocycles. The fraction of sp³-hybridized carbons (Fsp3) is 0.450. The van der Waals surface area contributed by atoms with Gasteiger partial charge in [-0.2, -0.15) is 0 Å². The van der Waals surface area contributed by atoms with Crippen molar-refractivity contribution in [1.82, 2.24) is 30.4 Å². The molecule has 1 aliphatic rings.